The van der Waals surface area contributed by atoms with Crippen LogP contribution in [-0.2, 0) is 33.0 Å². The van der Waals surface area contributed by atoms with Gasteiger partial charge in [0.2, 0.25) is 20.0 Å². The molecule has 3 aromatic carbocycles. The predicted octanol–water partition coefficient (Wildman–Crippen LogP) is 5.31. The van der Waals surface area contributed by atoms with Gasteiger partial charge in [-0.3, -0.25) is 9.52 Å². The first-order valence-electron chi connectivity index (χ1n) is 11.4. The SMILES string of the molecule is CS(=O)(=O)Nc1ccc2sc(C(=O)Nc3cc(Br)cc(S(=O)(=O)N4CCc5c(F)cc(F)cc5C4)c3)cc2c1. The van der Waals surface area contributed by atoms with Gasteiger partial charge in [-0.05, 0) is 71.5 Å². The minimum absolute atomic E-state index is 0.0179. The number of carbonyl (C=O) groups excluding carboxylic acids is 1. The highest BCUT2D eigenvalue weighted by atomic mass is 79.9. The van der Waals surface area contributed by atoms with Gasteiger partial charge in [0.1, 0.15) is 11.6 Å². The standard InChI is InChI=1S/C25H20BrF2N3O5S3/c1-38(33,34)30-18-2-3-23-14(7-18)8-24(37-23)25(32)29-19-9-16(26)10-20(12-19)39(35,36)31-5-4-21-15(13-31)6-17(27)11-22(21)28/h2-3,6-12,30H,4-5,13H2,1H3,(H,29,32). The minimum Gasteiger partial charge on any atom is -0.321 e. The number of hydrogen-bond acceptors (Lipinski definition) is 6. The second kappa shape index (κ2) is 10.2. The Morgan fingerprint density at radius 1 is 1.00 bits per heavy atom. The highest BCUT2D eigenvalue weighted by Gasteiger charge is 2.30. The van der Waals surface area contributed by atoms with Crippen molar-refractivity contribution in [2.75, 3.05) is 22.8 Å². The van der Waals surface area contributed by atoms with E-state index in [2.05, 4.69) is 26.0 Å². The van der Waals surface area contributed by atoms with E-state index in [1.54, 1.807) is 30.3 Å². The van der Waals surface area contributed by atoms with Crippen LogP contribution in [0.25, 0.3) is 10.1 Å². The van der Waals surface area contributed by atoms with Gasteiger partial charge >= 0.3 is 0 Å². The van der Waals surface area contributed by atoms with Crippen LogP contribution in [0, 0.1) is 11.6 Å². The Morgan fingerprint density at radius 3 is 2.51 bits per heavy atom. The van der Waals surface area contributed by atoms with Crippen molar-refractivity contribution in [1.29, 1.82) is 0 Å². The van der Waals surface area contributed by atoms with Gasteiger partial charge in [0, 0.05) is 39.7 Å². The van der Waals surface area contributed by atoms with Crippen LogP contribution in [0.1, 0.15) is 20.8 Å². The van der Waals surface area contributed by atoms with E-state index in [4.69, 9.17) is 0 Å². The summed E-state index contributed by atoms with van der Waals surface area (Å²) in [6.45, 7) is -0.164. The smallest absolute Gasteiger partial charge is 0.265 e. The molecule has 0 radical (unpaired) electrons. The maximum atomic E-state index is 14.1. The van der Waals surface area contributed by atoms with Gasteiger partial charge in [0.25, 0.3) is 5.91 Å². The molecule has 204 valence electrons. The van der Waals surface area contributed by atoms with E-state index in [0.29, 0.717) is 26.0 Å². The van der Waals surface area contributed by atoms with Crippen molar-refractivity contribution >= 4 is 74.7 Å². The van der Waals surface area contributed by atoms with Gasteiger partial charge in [-0.2, -0.15) is 4.31 Å². The zero-order valence-corrected chi connectivity index (χ0v) is 24.2. The number of rotatable bonds is 6. The van der Waals surface area contributed by atoms with Crippen molar-refractivity contribution < 1.29 is 30.4 Å². The Hall–Kier alpha value is -2.91. The normalized spacial score (nSPS) is 14.3. The Morgan fingerprint density at radius 2 is 1.77 bits per heavy atom. The molecule has 5 rings (SSSR count). The van der Waals surface area contributed by atoms with Crippen LogP contribution in [0.2, 0.25) is 0 Å². The molecule has 0 bridgehead atoms. The van der Waals surface area contributed by atoms with Crippen molar-refractivity contribution in [3.63, 3.8) is 0 Å². The summed E-state index contributed by atoms with van der Waals surface area (Å²) in [5.41, 5.74) is 1.15. The maximum Gasteiger partial charge on any atom is 0.265 e. The number of carbonyl (C=O) groups is 1. The average molecular weight is 657 g/mol. The molecule has 14 heteroatoms. The lowest BCUT2D eigenvalue weighted by atomic mass is 10.0. The van der Waals surface area contributed by atoms with Crippen LogP contribution < -0.4 is 10.0 Å². The molecular weight excluding hydrogens is 636 g/mol. The van der Waals surface area contributed by atoms with Crippen LogP contribution >= 0.6 is 27.3 Å². The second-order valence-corrected chi connectivity index (χ2v) is 14.7. The summed E-state index contributed by atoms with van der Waals surface area (Å²) in [7, 11) is -7.52. The third kappa shape index (κ3) is 5.99. The largest absolute Gasteiger partial charge is 0.321 e. The molecule has 0 saturated carbocycles. The van der Waals surface area contributed by atoms with E-state index in [0.717, 1.165) is 27.4 Å². The van der Waals surface area contributed by atoms with E-state index in [1.165, 1.54) is 23.5 Å². The molecule has 2 N–H and O–H groups in total. The quantitative estimate of drug-likeness (QED) is 0.292. The number of hydrogen-bond donors (Lipinski definition) is 2. The van der Waals surface area contributed by atoms with Gasteiger partial charge in [-0.25, -0.2) is 25.6 Å². The van der Waals surface area contributed by atoms with Gasteiger partial charge < -0.3 is 5.32 Å². The Bertz CT molecular complexity index is 1860. The average Bonchev–Trinajstić information content (AvgIpc) is 3.26. The zero-order valence-electron chi connectivity index (χ0n) is 20.2. The number of benzene rings is 3. The summed E-state index contributed by atoms with van der Waals surface area (Å²) < 4.78 is 82.4. The third-order valence-corrected chi connectivity index (χ3v) is 10.0. The molecular formula is C25H20BrF2N3O5S3. The number of nitrogens with zero attached hydrogens (tertiary/aromatic N) is 1. The van der Waals surface area contributed by atoms with E-state index in [-0.39, 0.29) is 35.7 Å². The lowest BCUT2D eigenvalue weighted by Gasteiger charge is -2.28. The van der Waals surface area contributed by atoms with Crippen LogP contribution in [0.5, 0.6) is 0 Å². The number of fused-ring (bicyclic) bond motifs is 2. The summed E-state index contributed by atoms with van der Waals surface area (Å²) >= 11 is 4.49. The van der Waals surface area contributed by atoms with Crippen molar-refractivity contribution in [1.82, 2.24) is 4.31 Å². The fourth-order valence-electron chi connectivity index (χ4n) is 4.35. The first kappa shape index (κ1) is 27.6. The highest BCUT2D eigenvalue weighted by molar-refractivity contribution is 9.10. The summed E-state index contributed by atoms with van der Waals surface area (Å²) in [4.78, 5) is 13.3. The van der Waals surface area contributed by atoms with Crippen molar-refractivity contribution in [2.24, 2.45) is 0 Å². The molecule has 0 aliphatic carbocycles. The first-order chi connectivity index (χ1) is 18.3. The Labute approximate surface area is 235 Å². The zero-order chi connectivity index (χ0) is 28.1. The molecule has 0 atom stereocenters. The molecule has 39 heavy (non-hydrogen) atoms. The minimum atomic E-state index is -4.06. The van der Waals surface area contributed by atoms with Crippen LogP contribution in [0.4, 0.5) is 20.2 Å². The molecule has 0 spiro atoms. The molecule has 0 unspecified atom stereocenters. The lowest BCUT2D eigenvalue weighted by Crippen LogP contribution is -2.36. The fourth-order valence-corrected chi connectivity index (χ4v) is 7.98. The van der Waals surface area contributed by atoms with Gasteiger partial charge in [-0.1, -0.05) is 15.9 Å². The van der Waals surface area contributed by atoms with Crippen LogP contribution in [0.15, 0.2) is 64.0 Å². The number of sulfonamides is 2. The number of thiophene rings is 1. The Kier molecular flexibility index (Phi) is 7.26. The molecule has 1 amide bonds. The summed E-state index contributed by atoms with van der Waals surface area (Å²) in [5.74, 6) is -1.95. The van der Waals surface area contributed by atoms with Crippen LogP contribution in [0.3, 0.4) is 0 Å². The lowest BCUT2D eigenvalue weighted by molar-refractivity contribution is 0.103. The second-order valence-electron chi connectivity index (χ2n) is 8.98. The summed E-state index contributed by atoms with van der Waals surface area (Å²) in [6, 6.07) is 12.7. The topological polar surface area (TPSA) is 113 Å². The number of anilines is 2. The summed E-state index contributed by atoms with van der Waals surface area (Å²) in [6.07, 6.45) is 1.14. The fraction of sp³-hybridized carbons (Fsp3) is 0.160. The molecule has 4 aromatic rings. The Balaban J connectivity index is 1.38. The van der Waals surface area contributed by atoms with Crippen molar-refractivity contribution in [3.05, 3.63) is 86.7 Å². The molecule has 8 nitrogen and oxygen atoms in total. The molecule has 1 aliphatic rings. The van der Waals surface area contributed by atoms with E-state index in [9.17, 15) is 30.4 Å². The van der Waals surface area contributed by atoms with E-state index >= 15 is 0 Å². The highest BCUT2D eigenvalue weighted by Crippen LogP contribution is 2.32. The first-order valence-corrected chi connectivity index (χ1v) is 16.3. The van der Waals surface area contributed by atoms with Gasteiger partial charge in [0.15, 0.2) is 0 Å². The molecule has 2 heterocycles. The van der Waals surface area contributed by atoms with E-state index < -0.39 is 37.6 Å². The van der Waals surface area contributed by atoms with E-state index in [1.807, 2.05) is 0 Å². The third-order valence-electron chi connectivity index (χ3n) is 6.02. The van der Waals surface area contributed by atoms with Crippen LogP contribution in [-0.4, -0.2) is 39.8 Å². The molecule has 1 aromatic heterocycles. The monoisotopic (exact) mass is 655 g/mol. The maximum absolute atomic E-state index is 14.1. The van der Waals surface area contributed by atoms with Crippen molar-refractivity contribution in [2.45, 2.75) is 17.9 Å². The van der Waals surface area contributed by atoms with Gasteiger partial charge in [-0.15, -0.1) is 11.3 Å². The number of halogens is 3. The number of nitrogens with one attached hydrogen (secondary N) is 2. The van der Waals surface area contributed by atoms with Gasteiger partial charge in [0.05, 0.1) is 16.0 Å². The summed E-state index contributed by atoms with van der Waals surface area (Å²) in [5, 5.41) is 3.37. The molecule has 1 aliphatic heterocycles. The molecule has 0 saturated heterocycles. The van der Waals surface area contributed by atoms with Crippen molar-refractivity contribution in [3.8, 4) is 0 Å². The number of amides is 1. The predicted molar refractivity (Wildman–Crippen MR) is 150 cm³/mol. The molecule has 0 fully saturated rings.